The van der Waals surface area contributed by atoms with E-state index in [4.69, 9.17) is 0 Å². The Labute approximate surface area is 133 Å². The van der Waals surface area contributed by atoms with Crippen molar-refractivity contribution in [2.75, 3.05) is 12.3 Å². The predicted octanol–water partition coefficient (Wildman–Crippen LogP) is 5.05. The van der Waals surface area contributed by atoms with E-state index in [0.717, 1.165) is 12.3 Å². The Morgan fingerprint density at radius 2 is 1.71 bits per heavy atom. The Bertz CT molecular complexity index is 575. The average Bonchev–Trinajstić information content (AvgIpc) is 2.48. The van der Waals surface area contributed by atoms with E-state index in [1.807, 2.05) is 11.8 Å². The summed E-state index contributed by atoms with van der Waals surface area (Å²) in [6.45, 7) is 9.72. The van der Waals surface area contributed by atoms with E-state index in [0.29, 0.717) is 6.04 Å². The molecular formula is C19H25NS. The summed E-state index contributed by atoms with van der Waals surface area (Å²) in [4.78, 5) is 1.34. The van der Waals surface area contributed by atoms with Crippen molar-refractivity contribution in [3.8, 4) is 0 Å². The van der Waals surface area contributed by atoms with Crippen LogP contribution in [0.15, 0.2) is 47.4 Å². The number of hydrogen-bond acceptors (Lipinski definition) is 2. The number of thioether (sulfide) groups is 1. The second-order valence-electron chi connectivity index (χ2n) is 5.52. The molecule has 0 heterocycles. The first-order valence-corrected chi connectivity index (χ1v) is 8.59. The van der Waals surface area contributed by atoms with E-state index in [-0.39, 0.29) is 0 Å². The van der Waals surface area contributed by atoms with Crippen LogP contribution in [0.2, 0.25) is 0 Å². The lowest BCUT2D eigenvalue weighted by Gasteiger charge is -2.21. The zero-order chi connectivity index (χ0) is 15.2. The van der Waals surface area contributed by atoms with Crippen molar-refractivity contribution in [3.05, 3.63) is 64.7 Å². The molecule has 2 heteroatoms. The van der Waals surface area contributed by atoms with Crippen LogP contribution in [0.3, 0.4) is 0 Å². The lowest BCUT2D eigenvalue weighted by molar-refractivity contribution is 0.602. The van der Waals surface area contributed by atoms with E-state index in [1.165, 1.54) is 27.1 Å². The van der Waals surface area contributed by atoms with Gasteiger partial charge in [-0.1, -0.05) is 42.8 Å². The van der Waals surface area contributed by atoms with E-state index in [2.05, 4.69) is 75.5 Å². The highest BCUT2D eigenvalue weighted by atomic mass is 32.2. The van der Waals surface area contributed by atoms with E-state index >= 15 is 0 Å². The van der Waals surface area contributed by atoms with Crippen molar-refractivity contribution in [2.45, 2.75) is 38.6 Å². The van der Waals surface area contributed by atoms with Crippen LogP contribution in [0.25, 0.3) is 0 Å². The monoisotopic (exact) mass is 299 g/mol. The molecule has 21 heavy (non-hydrogen) atoms. The third kappa shape index (κ3) is 4.36. The molecule has 0 amide bonds. The first-order valence-electron chi connectivity index (χ1n) is 7.60. The topological polar surface area (TPSA) is 12.0 Å². The summed E-state index contributed by atoms with van der Waals surface area (Å²) in [6, 6.07) is 15.8. The first kappa shape index (κ1) is 16.1. The molecule has 0 bridgehead atoms. The molecule has 0 saturated carbocycles. The van der Waals surface area contributed by atoms with E-state index in [1.54, 1.807) is 0 Å². The highest BCUT2D eigenvalue weighted by Crippen LogP contribution is 2.27. The largest absolute Gasteiger partial charge is 0.309 e. The average molecular weight is 299 g/mol. The molecule has 2 rings (SSSR count). The van der Waals surface area contributed by atoms with Gasteiger partial charge < -0.3 is 5.32 Å². The van der Waals surface area contributed by atoms with Gasteiger partial charge in [-0.15, -0.1) is 11.8 Å². The van der Waals surface area contributed by atoms with Crippen molar-refractivity contribution in [3.63, 3.8) is 0 Å². The van der Waals surface area contributed by atoms with Gasteiger partial charge in [-0.3, -0.25) is 0 Å². The fourth-order valence-corrected chi connectivity index (χ4v) is 3.46. The first-order chi connectivity index (χ1) is 10.1. The molecule has 0 radical (unpaired) electrons. The van der Waals surface area contributed by atoms with Gasteiger partial charge in [0.25, 0.3) is 0 Å². The molecule has 1 nitrogen and oxygen atoms in total. The number of benzene rings is 2. The molecule has 0 aromatic heterocycles. The Kier molecular flexibility index (Phi) is 5.89. The maximum Gasteiger partial charge on any atom is 0.0418 e. The number of aryl methyl sites for hydroxylation is 2. The molecular weight excluding hydrogens is 274 g/mol. The van der Waals surface area contributed by atoms with Gasteiger partial charge in [0.15, 0.2) is 0 Å². The maximum absolute atomic E-state index is 3.63. The Balaban J connectivity index is 2.12. The van der Waals surface area contributed by atoms with Gasteiger partial charge in [-0.05, 0) is 56.1 Å². The van der Waals surface area contributed by atoms with E-state index in [9.17, 15) is 0 Å². The molecule has 1 atom stereocenters. The van der Waals surface area contributed by atoms with Crippen LogP contribution in [0.4, 0.5) is 0 Å². The number of nitrogens with one attached hydrogen (secondary N) is 1. The van der Waals surface area contributed by atoms with Crippen LogP contribution in [0.5, 0.6) is 0 Å². The summed E-state index contributed by atoms with van der Waals surface area (Å²) in [6.07, 6.45) is 0. The van der Waals surface area contributed by atoms with Crippen LogP contribution < -0.4 is 5.32 Å². The number of rotatable bonds is 6. The van der Waals surface area contributed by atoms with Crippen LogP contribution >= 0.6 is 11.8 Å². The van der Waals surface area contributed by atoms with Crippen LogP contribution in [0, 0.1) is 20.8 Å². The Morgan fingerprint density at radius 3 is 2.38 bits per heavy atom. The number of hydrogen-bond donors (Lipinski definition) is 1. The van der Waals surface area contributed by atoms with Gasteiger partial charge >= 0.3 is 0 Å². The zero-order valence-electron chi connectivity index (χ0n) is 13.4. The second kappa shape index (κ2) is 7.67. The summed E-state index contributed by atoms with van der Waals surface area (Å²) in [5.41, 5.74) is 5.53. The second-order valence-corrected chi connectivity index (χ2v) is 6.62. The molecule has 0 aliphatic heterocycles. The summed E-state index contributed by atoms with van der Waals surface area (Å²) in [7, 11) is 0. The molecule has 112 valence electrons. The Morgan fingerprint density at radius 1 is 1.00 bits per heavy atom. The van der Waals surface area contributed by atoms with Crippen molar-refractivity contribution in [2.24, 2.45) is 0 Å². The molecule has 2 aromatic rings. The molecule has 1 N–H and O–H groups in total. The van der Waals surface area contributed by atoms with Crippen LogP contribution in [-0.4, -0.2) is 12.3 Å². The van der Waals surface area contributed by atoms with Gasteiger partial charge in [-0.2, -0.15) is 0 Å². The third-order valence-electron chi connectivity index (χ3n) is 3.91. The standard InChI is InChI=1S/C19H25NS/c1-5-20-19(18-8-6-7-15(3)16(18)4)13-21-17-11-9-14(2)10-12-17/h6-12,19-20H,5,13H2,1-4H3. The fraction of sp³-hybridized carbons (Fsp3) is 0.368. The summed E-state index contributed by atoms with van der Waals surface area (Å²) < 4.78 is 0. The smallest absolute Gasteiger partial charge is 0.0418 e. The van der Waals surface area contributed by atoms with Gasteiger partial charge in [0.2, 0.25) is 0 Å². The van der Waals surface area contributed by atoms with Gasteiger partial charge in [0.1, 0.15) is 0 Å². The summed E-state index contributed by atoms with van der Waals surface area (Å²) in [5.74, 6) is 1.06. The molecule has 1 unspecified atom stereocenters. The van der Waals surface area contributed by atoms with Crippen LogP contribution in [0.1, 0.15) is 35.2 Å². The minimum Gasteiger partial charge on any atom is -0.309 e. The minimum atomic E-state index is 0.404. The van der Waals surface area contributed by atoms with Gasteiger partial charge in [-0.25, -0.2) is 0 Å². The Hall–Kier alpha value is -1.25. The SMILES string of the molecule is CCNC(CSc1ccc(C)cc1)c1cccc(C)c1C. The highest BCUT2D eigenvalue weighted by Gasteiger charge is 2.14. The molecule has 0 aliphatic rings. The molecule has 0 aliphatic carbocycles. The maximum atomic E-state index is 3.63. The van der Waals surface area contributed by atoms with Gasteiger partial charge in [0, 0.05) is 16.7 Å². The lowest BCUT2D eigenvalue weighted by Crippen LogP contribution is -2.24. The van der Waals surface area contributed by atoms with E-state index < -0.39 is 0 Å². The fourth-order valence-electron chi connectivity index (χ4n) is 2.47. The summed E-state index contributed by atoms with van der Waals surface area (Å²) >= 11 is 1.92. The lowest BCUT2D eigenvalue weighted by atomic mass is 9.98. The molecule has 2 aromatic carbocycles. The van der Waals surface area contributed by atoms with Crippen molar-refractivity contribution >= 4 is 11.8 Å². The summed E-state index contributed by atoms with van der Waals surface area (Å²) in [5, 5.41) is 3.63. The van der Waals surface area contributed by atoms with Gasteiger partial charge in [0.05, 0.1) is 0 Å². The highest BCUT2D eigenvalue weighted by molar-refractivity contribution is 7.99. The molecule has 0 spiro atoms. The zero-order valence-corrected chi connectivity index (χ0v) is 14.3. The predicted molar refractivity (Wildman–Crippen MR) is 94.2 cm³/mol. The van der Waals surface area contributed by atoms with Crippen molar-refractivity contribution < 1.29 is 0 Å². The minimum absolute atomic E-state index is 0.404. The van der Waals surface area contributed by atoms with Crippen molar-refractivity contribution in [1.29, 1.82) is 0 Å². The van der Waals surface area contributed by atoms with Crippen molar-refractivity contribution in [1.82, 2.24) is 5.32 Å². The van der Waals surface area contributed by atoms with Crippen LogP contribution in [-0.2, 0) is 0 Å². The quantitative estimate of drug-likeness (QED) is 0.749. The third-order valence-corrected chi connectivity index (χ3v) is 5.02. The molecule has 0 fully saturated rings. The normalized spacial score (nSPS) is 12.4. The molecule has 0 saturated heterocycles.